The molecule has 1 saturated heterocycles. The van der Waals surface area contributed by atoms with E-state index in [1.807, 2.05) is 38.1 Å². The summed E-state index contributed by atoms with van der Waals surface area (Å²) in [5, 5.41) is 3.11. The molecule has 1 amide bonds. The summed E-state index contributed by atoms with van der Waals surface area (Å²) < 4.78 is 2.38. The maximum absolute atomic E-state index is 12.9. The number of hydrogen-bond acceptors (Lipinski definition) is 3. The SMILES string of the molecule is Cc1ccccc1NC(=O)C(C)N1CCCC(c2nc3ccccc3n2C(C)C)C1. The van der Waals surface area contributed by atoms with Gasteiger partial charge in [-0.2, -0.15) is 0 Å². The van der Waals surface area contributed by atoms with Crippen LogP contribution in [0.25, 0.3) is 11.0 Å². The third-order valence-electron chi connectivity index (χ3n) is 6.29. The lowest BCUT2D eigenvalue weighted by Gasteiger charge is -2.36. The van der Waals surface area contributed by atoms with E-state index in [4.69, 9.17) is 4.98 Å². The van der Waals surface area contributed by atoms with E-state index in [-0.39, 0.29) is 11.9 Å². The minimum Gasteiger partial charge on any atom is -0.325 e. The normalized spacial score (nSPS) is 18.6. The molecule has 0 saturated carbocycles. The Bertz CT molecular complexity index is 1040. The number of likely N-dealkylation sites (tertiary alicyclic amines) is 1. The van der Waals surface area contributed by atoms with Crippen molar-refractivity contribution >= 4 is 22.6 Å². The van der Waals surface area contributed by atoms with Crippen LogP contribution in [0.15, 0.2) is 48.5 Å². The highest BCUT2D eigenvalue weighted by Crippen LogP contribution is 2.32. The van der Waals surface area contributed by atoms with Gasteiger partial charge in [0.2, 0.25) is 5.91 Å². The second-order valence-corrected chi connectivity index (χ2v) is 8.74. The van der Waals surface area contributed by atoms with Gasteiger partial charge >= 0.3 is 0 Å². The van der Waals surface area contributed by atoms with Gasteiger partial charge in [0.05, 0.1) is 17.1 Å². The Labute approximate surface area is 179 Å². The van der Waals surface area contributed by atoms with Gasteiger partial charge in [0.15, 0.2) is 0 Å². The summed E-state index contributed by atoms with van der Waals surface area (Å²) in [4.78, 5) is 20.3. The highest BCUT2D eigenvalue weighted by molar-refractivity contribution is 5.95. The van der Waals surface area contributed by atoms with Crippen molar-refractivity contribution < 1.29 is 4.79 Å². The van der Waals surface area contributed by atoms with Gasteiger partial charge < -0.3 is 9.88 Å². The fraction of sp³-hybridized carbons (Fsp3) is 0.440. The monoisotopic (exact) mass is 404 g/mol. The Kier molecular flexibility index (Phi) is 5.91. The zero-order valence-electron chi connectivity index (χ0n) is 18.4. The van der Waals surface area contributed by atoms with Crippen molar-refractivity contribution in [3.05, 3.63) is 59.9 Å². The molecule has 0 spiro atoms. The number of anilines is 1. The van der Waals surface area contributed by atoms with E-state index < -0.39 is 0 Å². The molecule has 1 aliphatic heterocycles. The van der Waals surface area contributed by atoms with Gasteiger partial charge in [0, 0.05) is 24.2 Å². The van der Waals surface area contributed by atoms with Gasteiger partial charge in [-0.3, -0.25) is 9.69 Å². The molecule has 2 unspecified atom stereocenters. The molecule has 1 N–H and O–H groups in total. The largest absolute Gasteiger partial charge is 0.325 e. The fourth-order valence-electron chi connectivity index (χ4n) is 4.58. The molecule has 2 atom stereocenters. The first-order valence-corrected chi connectivity index (χ1v) is 11.0. The van der Waals surface area contributed by atoms with Gasteiger partial charge in [-0.05, 0) is 70.8 Å². The van der Waals surface area contributed by atoms with Crippen molar-refractivity contribution in [3.8, 4) is 0 Å². The lowest BCUT2D eigenvalue weighted by atomic mass is 9.95. The van der Waals surface area contributed by atoms with Gasteiger partial charge in [-0.15, -0.1) is 0 Å². The predicted octanol–water partition coefficient (Wildman–Crippen LogP) is 5.13. The van der Waals surface area contributed by atoms with Crippen molar-refractivity contribution in [3.63, 3.8) is 0 Å². The van der Waals surface area contributed by atoms with Crippen LogP contribution in [0.4, 0.5) is 5.69 Å². The minimum atomic E-state index is -0.177. The third kappa shape index (κ3) is 3.99. The van der Waals surface area contributed by atoms with Crippen LogP contribution in [0.3, 0.4) is 0 Å². The molecular weight excluding hydrogens is 372 g/mol. The second kappa shape index (κ2) is 8.60. The molecule has 5 nitrogen and oxygen atoms in total. The number of aryl methyl sites for hydroxylation is 1. The smallest absolute Gasteiger partial charge is 0.241 e. The van der Waals surface area contributed by atoms with Gasteiger partial charge in [0.25, 0.3) is 0 Å². The molecule has 4 rings (SSSR count). The summed E-state index contributed by atoms with van der Waals surface area (Å²) in [6.07, 6.45) is 2.19. The fourth-order valence-corrected chi connectivity index (χ4v) is 4.58. The van der Waals surface area contributed by atoms with Crippen LogP contribution < -0.4 is 5.32 Å². The van der Waals surface area contributed by atoms with Gasteiger partial charge in [-0.25, -0.2) is 4.98 Å². The molecule has 0 radical (unpaired) electrons. The molecule has 0 bridgehead atoms. The third-order valence-corrected chi connectivity index (χ3v) is 6.29. The zero-order chi connectivity index (χ0) is 21.3. The van der Waals surface area contributed by atoms with Crippen molar-refractivity contribution in [1.29, 1.82) is 0 Å². The lowest BCUT2D eigenvalue weighted by Crippen LogP contribution is -2.47. The molecule has 3 aromatic rings. The molecule has 1 fully saturated rings. The Morgan fingerprint density at radius 2 is 1.83 bits per heavy atom. The highest BCUT2D eigenvalue weighted by Gasteiger charge is 2.31. The summed E-state index contributed by atoms with van der Waals surface area (Å²) in [7, 11) is 0. The standard InChI is InChI=1S/C25H32N4O/c1-17(2)29-23-14-8-7-13-22(23)26-24(29)20-11-9-15-28(16-20)19(4)25(30)27-21-12-6-5-10-18(21)3/h5-8,10,12-14,17,19-20H,9,11,15-16H2,1-4H3,(H,27,30). The Hall–Kier alpha value is -2.66. The van der Waals surface area contributed by atoms with E-state index in [2.05, 4.69) is 52.9 Å². The number of amides is 1. The molecule has 2 heterocycles. The Morgan fingerprint density at radius 3 is 2.60 bits per heavy atom. The Morgan fingerprint density at radius 1 is 1.10 bits per heavy atom. The van der Waals surface area contributed by atoms with Crippen LogP contribution in [-0.4, -0.2) is 39.5 Å². The quantitative estimate of drug-likeness (QED) is 0.641. The number of nitrogens with one attached hydrogen (secondary N) is 1. The van der Waals surface area contributed by atoms with Gasteiger partial charge in [-0.1, -0.05) is 30.3 Å². The molecule has 1 aliphatic rings. The van der Waals surface area contributed by atoms with Crippen LogP contribution in [0.2, 0.25) is 0 Å². The zero-order valence-corrected chi connectivity index (χ0v) is 18.4. The molecule has 30 heavy (non-hydrogen) atoms. The summed E-state index contributed by atoms with van der Waals surface area (Å²) in [6.45, 7) is 10.3. The van der Waals surface area contributed by atoms with E-state index in [1.54, 1.807) is 0 Å². The number of carbonyl (C=O) groups excluding carboxylic acids is 1. The van der Waals surface area contributed by atoms with Crippen LogP contribution >= 0.6 is 0 Å². The number of hydrogen-bond donors (Lipinski definition) is 1. The topological polar surface area (TPSA) is 50.2 Å². The molecule has 5 heteroatoms. The number of nitrogens with zero attached hydrogens (tertiary/aromatic N) is 3. The highest BCUT2D eigenvalue weighted by atomic mass is 16.2. The molecule has 2 aromatic carbocycles. The summed E-state index contributed by atoms with van der Waals surface area (Å²) in [5.74, 6) is 1.55. The lowest BCUT2D eigenvalue weighted by molar-refractivity contribution is -0.121. The average Bonchev–Trinajstić information content (AvgIpc) is 3.15. The first-order valence-electron chi connectivity index (χ1n) is 11.0. The maximum atomic E-state index is 12.9. The van der Waals surface area contributed by atoms with Crippen molar-refractivity contribution in [2.24, 2.45) is 0 Å². The number of para-hydroxylation sites is 3. The number of rotatable bonds is 5. The van der Waals surface area contributed by atoms with Crippen LogP contribution in [0.5, 0.6) is 0 Å². The van der Waals surface area contributed by atoms with Crippen LogP contribution in [0, 0.1) is 6.92 Å². The maximum Gasteiger partial charge on any atom is 0.241 e. The number of fused-ring (bicyclic) bond motifs is 1. The number of piperidine rings is 1. The van der Waals surface area contributed by atoms with E-state index in [0.29, 0.717) is 12.0 Å². The van der Waals surface area contributed by atoms with Crippen molar-refractivity contribution in [1.82, 2.24) is 14.5 Å². The number of carbonyl (C=O) groups is 1. The molecule has 0 aliphatic carbocycles. The van der Waals surface area contributed by atoms with Crippen LogP contribution in [0.1, 0.15) is 57.0 Å². The van der Waals surface area contributed by atoms with E-state index in [0.717, 1.165) is 48.5 Å². The molecule has 158 valence electrons. The predicted molar refractivity (Wildman–Crippen MR) is 123 cm³/mol. The van der Waals surface area contributed by atoms with Crippen molar-refractivity contribution in [2.45, 2.75) is 58.5 Å². The number of aromatic nitrogens is 2. The Balaban J connectivity index is 1.53. The summed E-state index contributed by atoms with van der Waals surface area (Å²) >= 11 is 0. The number of benzene rings is 2. The number of imidazole rings is 1. The average molecular weight is 405 g/mol. The van der Waals surface area contributed by atoms with E-state index in [9.17, 15) is 4.79 Å². The van der Waals surface area contributed by atoms with Crippen molar-refractivity contribution in [2.75, 3.05) is 18.4 Å². The molecule has 1 aromatic heterocycles. The minimum absolute atomic E-state index is 0.0577. The first kappa shape index (κ1) is 20.6. The van der Waals surface area contributed by atoms with E-state index >= 15 is 0 Å². The summed E-state index contributed by atoms with van der Waals surface area (Å²) in [5.41, 5.74) is 4.23. The van der Waals surface area contributed by atoms with E-state index in [1.165, 1.54) is 5.52 Å². The van der Waals surface area contributed by atoms with Crippen LogP contribution in [-0.2, 0) is 4.79 Å². The molecular formula is C25H32N4O. The second-order valence-electron chi connectivity index (χ2n) is 8.74. The summed E-state index contributed by atoms with van der Waals surface area (Å²) in [6, 6.07) is 16.5. The first-order chi connectivity index (χ1) is 14.5. The van der Waals surface area contributed by atoms with Gasteiger partial charge in [0.1, 0.15) is 5.82 Å².